The quantitative estimate of drug-likeness (QED) is 0.565. The maximum absolute atomic E-state index is 13.2. The normalized spacial score (nSPS) is 14.0. The molecular formula is C25H24N2O5S. The molecule has 0 fully saturated rings. The second kappa shape index (κ2) is 9.56. The molecule has 0 radical (unpaired) electrons. The fourth-order valence-corrected chi connectivity index (χ4v) is 5.01. The summed E-state index contributed by atoms with van der Waals surface area (Å²) in [6.07, 6.45) is 0. The van der Waals surface area contributed by atoms with Gasteiger partial charge in [0.2, 0.25) is 10.0 Å². The van der Waals surface area contributed by atoms with Gasteiger partial charge < -0.3 is 10.1 Å². The second-order valence-corrected chi connectivity index (χ2v) is 9.70. The van der Waals surface area contributed by atoms with E-state index in [0.717, 1.165) is 5.56 Å². The molecule has 0 saturated carbocycles. The summed E-state index contributed by atoms with van der Waals surface area (Å²) in [4.78, 5) is 24.3. The van der Waals surface area contributed by atoms with Crippen LogP contribution in [0.3, 0.4) is 0 Å². The van der Waals surface area contributed by atoms with Crippen LogP contribution in [0.2, 0.25) is 0 Å². The molecule has 33 heavy (non-hydrogen) atoms. The minimum Gasteiger partial charge on any atom is -0.492 e. The molecule has 0 aromatic heterocycles. The zero-order chi connectivity index (χ0) is 23.4. The monoisotopic (exact) mass is 464 g/mol. The topological polar surface area (TPSA) is 92.8 Å². The van der Waals surface area contributed by atoms with Gasteiger partial charge in [0, 0.05) is 36.3 Å². The highest BCUT2D eigenvalue weighted by Crippen LogP contribution is 2.28. The second-order valence-electron chi connectivity index (χ2n) is 7.76. The summed E-state index contributed by atoms with van der Waals surface area (Å²) in [6.45, 7) is 2.26. The van der Waals surface area contributed by atoms with Gasteiger partial charge in [-0.05, 0) is 42.8 Å². The Bertz CT molecular complexity index is 1270. The van der Waals surface area contributed by atoms with Gasteiger partial charge in [0.1, 0.15) is 12.4 Å². The highest BCUT2D eigenvalue weighted by Gasteiger charge is 2.28. The van der Waals surface area contributed by atoms with Crippen LogP contribution in [0.5, 0.6) is 5.75 Å². The number of ether oxygens (including phenoxy) is 1. The van der Waals surface area contributed by atoms with E-state index >= 15 is 0 Å². The van der Waals surface area contributed by atoms with E-state index in [0.29, 0.717) is 29.0 Å². The standard InChI is InChI=1S/C25H24N2O5S/c1-18(28)20-7-10-23(11-8-20)33(30,31)27-13-14-32-24-12-9-21(15-22(24)17-27)25(29)26-16-19-5-3-2-4-6-19/h2-12,15H,13-14,16-17H2,1H3,(H,26,29). The Morgan fingerprint density at radius 3 is 2.36 bits per heavy atom. The molecule has 0 bridgehead atoms. The molecule has 1 N–H and O–H groups in total. The molecule has 0 spiro atoms. The molecule has 3 aromatic rings. The van der Waals surface area contributed by atoms with E-state index in [-0.39, 0.29) is 36.3 Å². The van der Waals surface area contributed by atoms with Crippen LogP contribution in [0, 0.1) is 0 Å². The maximum atomic E-state index is 13.2. The molecule has 1 heterocycles. The third-order valence-electron chi connectivity index (χ3n) is 5.46. The van der Waals surface area contributed by atoms with Gasteiger partial charge in [0.25, 0.3) is 5.91 Å². The summed E-state index contributed by atoms with van der Waals surface area (Å²) >= 11 is 0. The number of nitrogens with zero attached hydrogens (tertiary/aromatic N) is 1. The first kappa shape index (κ1) is 22.7. The molecule has 8 heteroatoms. The number of hydrogen-bond acceptors (Lipinski definition) is 5. The Labute approximate surface area is 193 Å². The molecule has 3 aromatic carbocycles. The summed E-state index contributed by atoms with van der Waals surface area (Å²) in [6, 6.07) is 20.5. The molecule has 0 saturated heterocycles. The van der Waals surface area contributed by atoms with Crippen LogP contribution in [-0.2, 0) is 23.1 Å². The lowest BCUT2D eigenvalue weighted by molar-refractivity contribution is 0.0949. The Hall–Kier alpha value is -3.49. The van der Waals surface area contributed by atoms with E-state index < -0.39 is 10.0 Å². The van der Waals surface area contributed by atoms with E-state index in [2.05, 4.69) is 5.32 Å². The summed E-state index contributed by atoms with van der Waals surface area (Å²) in [5, 5.41) is 2.88. The summed E-state index contributed by atoms with van der Waals surface area (Å²) in [5.74, 6) is 0.175. The lowest BCUT2D eigenvalue weighted by atomic mass is 10.1. The fraction of sp³-hybridized carbons (Fsp3) is 0.200. The predicted molar refractivity (Wildman–Crippen MR) is 124 cm³/mol. The number of carbonyl (C=O) groups is 2. The lowest BCUT2D eigenvalue weighted by Crippen LogP contribution is -2.32. The Morgan fingerprint density at radius 1 is 0.970 bits per heavy atom. The average Bonchev–Trinajstić information content (AvgIpc) is 3.05. The van der Waals surface area contributed by atoms with Crippen molar-refractivity contribution in [1.29, 1.82) is 0 Å². The van der Waals surface area contributed by atoms with Crippen molar-refractivity contribution in [3.05, 3.63) is 95.1 Å². The van der Waals surface area contributed by atoms with Crippen LogP contribution >= 0.6 is 0 Å². The SMILES string of the molecule is CC(=O)c1ccc(S(=O)(=O)N2CCOc3ccc(C(=O)NCc4ccccc4)cc3C2)cc1. The van der Waals surface area contributed by atoms with Crippen molar-refractivity contribution in [1.82, 2.24) is 9.62 Å². The van der Waals surface area contributed by atoms with Gasteiger partial charge in [0.15, 0.2) is 5.78 Å². The Kier molecular flexibility index (Phi) is 6.57. The first-order chi connectivity index (χ1) is 15.8. The first-order valence-electron chi connectivity index (χ1n) is 10.5. The number of nitrogens with one attached hydrogen (secondary N) is 1. The largest absolute Gasteiger partial charge is 0.492 e. The van der Waals surface area contributed by atoms with Gasteiger partial charge in [0.05, 0.1) is 4.90 Å². The molecule has 0 atom stereocenters. The van der Waals surface area contributed by atoms with Gasteiger partial charge in [-0.15, -0.1) is 0 Å². The van der Waals surface area contributed by atoms with Gasteiger partial charge in [-0.2, -0.15) is 4.31 Å². The van der Waals surface area contributed by atoms with E-state index in [9.17, 15) is 18.0 Å². The van der Waals surface area contributed by atoms with Crippen molar-refractivity contribution in [2.24, 2.45) is 0 Å². The van der Waals surface area contributed by atoms with Crippen LogP contribution in [0.25, 0.3) is 0 Å². The van der Waals surface area contributed by atoms with Crippen molar-refractivity contribution in [2.75, 3.05) is 13.2 Å². The highest BCUT2D eigenvalue weighted by atomic mass is 32.2. The minimum absolute atomic E-state index is 0.0753. The zero-order valence-corrected chi connectivity index (χ0v) is 19.0. The molecule has 0 unspecified atom stereocenters. The smallest absolute Gasteiger partial charge is 0.251 e. The molecule has 7 nitrogen and oxygen atoms in total. The number of Topliss-reactive ketones (excluding diaryl/α,β-unsaturated/α-hetero) is 1. The fourth-order valence-electron chi connectivity index (χ4n) is 3.61. The molecular weight excluding hydrogens is 440 g/mol. The number of sulfonamides is 1. The van der Waals surface area contributed by atoms with Crippen LogP contribution in [0.1, 0.15) is 38.8 Å². The number of ketones is 1. The van der Waals surface area contributed by atoms with E-state index in [1.807, 2.05) is 30.3 Å². The zero-order valence-electron chi connectivity index (χ0n) is 18.2. The number of hydrogen-bond donors (Lipinski definition) is 1. The van der Waals surface area contributed by atoms with Crippen LogP contribution in [0.4, 0.5) is 0 Å². The van der Waals surface area contributed by atoms with Gasteiger partial charge in [-0.1, -0.05) is 42.5 Å². The summed E-state index contributed by atoms with van der Waals surface area (Å²) < 4.78 is 33.5. The van der Waals surface area contributed by atoms with Crippen molar-refractivity contribution < 1.29 is 22.7 Å². The summed E-state index contributed by atoms with van der Waals surface area (Å²) in [7, 11) is -3.81. The maximum Gasteiger partial charge on any atom is 0.251 e. The van der Waals surface area contributed by atoms with Gasteiger partial charge in [-0.3, -0.25) is 9.59 Å². The molecule has 170 valence electrons. The number of fused-ring (bicyclic) bond motifs is 1. The molecule has 1 aliphatic heterocycles. The molecule has 0 aliphatic carbocycles. The number of benzene rings is 3. The Morgan fingerprint density at radius 2 is 1.67 bits per heavy atom. The minimum atomic E-state index is -3.81. The van der Waals surface area contributed by atoms with E-state index in [1.165, 1.54) is 35.5 Å². The van der Waals surface area contributed by atoms with Gasteiger partial charge >= 0.3 is 0 Å². The predicted octanol–water partition coefficient (Wildman–Crippen LogP) is 3.40. The number of carbonyl (C=O) groups excluding carboxylic acids is 2. The van der Waals surface area contributed by atoms with Crippen LogP contribution < -0.4 is 10.1 Å². The third kappa shape index (κ3) is 5.13. The van der Waals surface area contributed by atoms with Crippen LogP contribution in [-0.4, -0.2) is 37.6 Å². The molecule has 4 rings (SSSR count). The summed E-state index contributed by atoms with van der Waals surface area (Å²) in [5.41, 5.74) is 2.48. The van der Waals surface area contributed by atoms with E-state index in [1.54, 1.807) is 18.2 Å². The van der Waals surface area contributed by atoms with Crippen molar-refractivity contribution >= 4 is 21.7 Å². The molecule has 1 aliphatic rings. The average molecular weight is 465 g/mol. The van der Waals surface area contributed by atoms with Crippen molar-refractivity contribution in [2.45, 2.75) is 24.9 Å². The first-order valence-corrected chi connectivity index (χ1v) is 12.0. The highest BCUT2D eigenvalue weighted by molar-refractivity contribution is 7.89. The van der Waals surface area contributed by atoms with Crippen molar-refractivity contribution in [3.8, 4) is 5.75 Å². The number of amides is 1. The van der Waals surface area contributed by atoms with E-state index in [4.69, 9.17) is 4.74 Å². The van der Waals surface area contributed by atoms with Gasteiger partial charge in [-0.25, -0.2) is 8.42 Å². The number of rotatable bonds is 6. The van der Waals surface area contributed by atoms with Crippen LogP contribution in [0.15, 0.2) is 77.7 Å². The Balaban J connectivity index is 1.53. The van der Waals surface area contributed by atoms with Crippen molar-refractivity contribution in [3.63, 3.8) is 0 Å². The molecule has 1 amide bonds. The lowest BCUT2D eigenvalue weighted by Gasteiger charge is -2.20. The third-order valence-corrected chi connectivity index (χ3v) is 7.32.